The van der Waals surface area contributed by atoms with Crippen molar-refractivity contribution in [3.63, 3.8) is 0 Å². The number of benzene rings is 3. The molecule has 11 nitrogen and oxygen atoms in total. The van der Waals surface area contributed by atoms with Gasteiger partial charge in [0, 0.05) is 57.6 Å². The van der Waals surface area contributed by atoms with E-state index in [2.05, 4.69) is 20.5 Å². The van der Waals surface area contributed by atoms with Gasteiger partial charge >= 0.3 is 6.03 Å². The number of rotatable bonds is 10. The molecule has 4 aromatic rings. The fourth-order valence-corrected chi connectivity index (χ4v) is 5.65. The van der Waals surface area contributed by atoms with Crippen LogP contribution in [0.3, 0.4) is 0 Å². The Morgan fingerprint density at radius 3 is 2.40 bits per heavy atom. The molecular weight excluding hydrogens is 605 g/mol. The molecule has 0 saturated carbocycles. The summed E-state index contributed by atoms with van der Waals surface area (Å²) in [5, 5.41) is 6.33. The smallest absolute Gasteiger partial charge is 0.319 e. The van der Waals surface area contributed by atoms with E-state index in [1.807, 2.05) is 17.9 Å². The minimum absolute atomic E-state index is 0.126. The maximum Gasteiger partial charge on any atom is 0.319 e. The van der Waals surface area contributed by atoms with E-state index in [1.54, 1.807) is 55.6 Å². The molecule has 0 unspecified atom stereocenters. The third-order valence-electron chi connectivity index (χ3n) is 8.19. The molecule has 0 radical (unpaired) electrons. The molecule has 2 N–H and O–H groups in total. The zero-order chi connectivity index (χ0) is 32.8. The van der Waals surface area contributed by atoms with Gasteiger partial charge in [-0.05, 0) is 61.4 Å². The molecule has 3 heterocycles. The Morgan fingerprint density at radius 1 is 0.957 bits per heavy atom. The molecule has 2 aliphatic rings. The van der Waals surface area contributed by atoms with Crippen LogP contribution in [0.5, 0.6) is 28.7 Å². The molecule has 1 saturated heterocycles. The summed E-state index contributed by atoms with van der Waals surface area (Å²) in [5.41, 5.74) is 2.02. The molecule has 6 rings (SSSR count). The standard InChI is InChI=1S/C35H38FN5O6/c1-23(25-4-6-26(36)7-5-25)38-35(43)39-27-8-10-28(11-9-27)47-30-12-13-37-29-22-31(33-34(32(29)30)46-21-20-45-33)44-19-3-14-40-15-17-41(18-16-40)24(2)42/h4-13,22-23H,3,14-21H2,1-2H3,(H2,38,39,43)/t23-/m0/s1. The van der Waals surface area contributed by atoms with Crippen LogP contribution in [0.15, 0.2) is 66.9 Å². The van der Waals surface area contributed by atoms with Crippen molar-refractivity contribution in [3.8, 4) is 28.7 Å². The molecule has 0 bridgehead atoms. The second kappa shape index (κ2) is 14.5. The quantitative estimate of drug-likeness (QED) is 0.210. The van der Waals surface area contributed by atoms with Crippen LogP contribution >= 0.6 is 0 Å². The van der Waals surface area contributed by atoms with Gasteiger partial charge in [0.1, 0.15) is 30.5 Å². The molecular formula is C35H38FN5O6. The molecule has 3 aromatic carbocycles. The summed E-state index contributed by atoms with van der Waals surface area (Å²) >= 11 is 0. The highest BCUT2D eigenvalue weighted by molar-refractivity contribution is 5.95. The van der Waals surface area contributed by atoms with Gasteiger partial charge in [0.2, 0.25) is 11.7 Å². The lowest BCUT2D eigenvalue weighted by molar-refractivity contribution is -0.130. The summed E-state index contributed by atoms with van der Waals surface area (Å²) < 4.78 is 37.8. The summed E-state index contributed by atoms with van der Waals surface area (Å²) in [5.74, 6) is 2.52. The number of anilines is 1. The molecule has 3 amide bonds. The number of nitrogens with one attached hydrogen (secondary N) is 2. The lowest BCUT2D eigenvalue weighted by atomic mass is 10.1. The Morgan fingerprint density at radius 2 is 1.68 bits per heavy atom. The molecule has 2 aliphatic heterocycles. The van der Waals surface area contributed by atoms with Gasteiger partial charge in [0.05, 0.1) is 23.6 Å². The van der Waals surface area contributed by atoms with Gasteiger partial charge in [0.25, 0.3) is 0 Å². The summed E-state index contributed by atoms with van der Waals surface area (Å²) in [6.45, 7) is 8.84. The Balaban J connectivity index is 1.09. The van der Waals surface area contributed by atoms with Crippen molar-refractivity contribution in [1.29, 1.82) is 0 Å². The minimum atomic E-state index is -0.384. The molecule has 1 fully saturated rings. The van der Waals surface area contributed by atoms with Crippen molar-refractivity contribution in [2.45, 2.75) is 26.3 Å². The average molecular weight is 644 g/mol. The van der Waals surface area contributed by atoms with Crippen molar-refractivity contribution in [3.05, 3.63) is 78.2 Å². The van der Waals surface area contributed by atoms with Gasteiger partial charge in [-0.3, -0.25) is 14.7 Å². The lowest BCUT2D eigenvalue weighted by Gasteiger charge is -2.34. The van der Waals surface area contributed by atoms with E-state index in [0.717, 1.165) is 44.7 Å². The fourth-order valence-electron chi connectivity index (χ4n) is 5.65. The third-order valence-corrected chi connectivity index (χ3v) is 8.19. The van der Waals surface area contributed by atoms with Gasteiger partial charge < -0.3 is 34.5 Å². The van der Waals surface area contributed by atoms with Crippen molar-refractivity contribution in [1.82, 2.24) is 20.1 Å². The Hall–Kier alpha value is -5.10. The summed E-state index contributed by atoms with van der Waals surface area (Å²) in [7, 11) is 0. The first kappa shape index (κ1) is 31.9. The summed E-state index contributed by atoms with van der Waals surface area (Å²) in [6.07, 6.45) is 2.49. The predicted molar refractivity (Wildman–Crippen MR) is 175 cm³/mol. The topological polar surface area (TPSA) is 114 Å². The van der Waals surface area contributed by atoms with E-state index in [1.165, 1.54) is 12.1 Å². The number of halogens is 1. The highest BCUT2D eigenvalue weighted by atomic mass is 19.1. The molecule has 1 atom stereocenters. The largest absolute Gasteiger partial charge is 0.489 e. The van der Waals surface area contributed by atoms with E-state index in [0.29, 0.717) is 65.2 Å². The number of nitrogens with zero attached hydrogens (tertiary/aromatic N) is 3. The van der Waals surface area contributed by atoms with Crippen molar-refractivity contribution in [2.75, 3.05) is 57.9 Å². The second-order valence-electron chi connectivity index (χ2n) is 11.5. The lowest BCUT2D eigenvalue weighted by Crippen LogP contribution is -2.48. The van der Waals surface area contributed by atoms with Crippen LogP contribution in [0.4, 0.5) is 14.9 Å². The van der Waals surface area contributed by atoms with Gasteiger partial charge in [-0.1, -0.05) is 12.1 Å². The van der Waals surface area contributed by atoms with Crippen LogP contribution in [-0.4, -0.2) is 79.3 Å². The maximum absolute atomic E-state index is 13.2. The predicted octanol–water partition coefficient (Wildman–Crippen LogP) is 5.75. The van der Waals surface area contributed by atoms with Crippen LogP contribution in [0.1, 0.15) is 31.9 Å². The third kappa shape index (κ3) is 7.83. The van der Waals surface area contributed by atoms with Gasteiger partial charge in [-0.25, -0.2) is 9.18 Å². The number of aromatic nitrogens is 1. The Kier molecular flexibility index (Phi) is 9.86. The number of ether oxygens (including phenoxy) is 4. The van der Waals surface area contributed by atoms with Crippen LogP contribution in [0.25, 0.3) is 10.9 Å². The zero-order valence-electron chi connectivity index (χ0n) is 26.5. The first-order chi connectivity index (χ1) is 22.8. The SMILES string of the molecule is CC(=O)N1CCN(CCCOc2cc3nccc(Oc4ccc(NC(=O)N[C@@H](C)c5ccc(F)cc5)cc4)c3c3c2OCCO3)CC1. The van der Waals surface area contributed by atoms with Crippen molar-refractivity contribution >= 4 is 28.5 Å². The number of carbonyl (C=O) groups excluding carboxylic acids is 2. The summed E-state index contributed by atoms with van der Waals surface area (Å²) in [6, 6.07) is 15.9. The van der Waals surface area contributed by atoms with Gasteiger partial charge in [-0.15, -0.1) is 0 Å². The van der Waals surface area contributed by atoms with Crippen molar-refractivity contribution in [2.24, 2.45) is 0 Å². The Bertz CT molecular complexity index is 1710. The molecule has 0 aliphatic carbocycles. The van der Waals surface area contributed by atoms with Crippen LogP contribution < -0.4 is 29.6 Å². The zero-order valence-corrected chi connectivity index (χ0v) is 26.5. The van der Waals surface area contributed by atoms with Crippen LogP contribution in [-0.2, 0) is 4.79 Å². The number of amides is 3. The molecule has 246 valence electrons. The number of hydrogen-bond donors (Lipinski definition) is 2. The highest BCUT2D eigenvalue weighted by Gasteiger charge is 2.25. The second-order valence-corrected chi connectivity index (χ2v) is 11.5. The van der Waals surface area contributed by atoms with Crippen molar-refractivity contribution < 1.29 is 32.9 Å². The van der Waals surface area contributed by atoms with E-state index in [9.17, 15) is 14.0 Å². The van der Waals surface area contributed by atoms with E-state index in [4.69, 9.17) is 18.9 Å². The number of piperazine rings is 1. The number of carbonyl (C=O) groups is 2. The first-order valence-corrected chi connectivity index (χ1v) is 15.8. The number of urea groups is 1. The van der Waals surface area contributed by atoms with Gasteiger partial charge in [0.15, 0.2) is 11.5 Å². The maximum atomic E-state index is 13.2. The molecule has 0 spiro atoms. The van der Waals surface area contributed by atoms with E-state index in [-0.39, 0.29) is 23.8 Å². The Labute approximate surface area is 272 Å². The average Bonchev–Trinajstić information content (AvgIpc) is 3.08. The van der Waals surface area contributed by atoms with Crippen LogP contribution in [0, 0.1) is 5.82 Å². The van der Waals surface area contributed by atoms with Gasteiger partial charge in [-0.2, -0.15) is 0 Å². The molecule has 47 heavy (non-hydrogen) atoms. The minimum Gasteiger partial charge on any atom is -0.489 e. The number of hydrogen-bond acceptors (Lipinski definition) is 8. The van der Waals surface area contributed by atoms with E-state index >= 15 is 0 Å². The normalized spacial score (nSPS) is 15.2. The monoisotopic (exact) mass is 643 g/mol. The number of pyridine rings is 1. The first-order valence-electron chi connectivity index (χ1n) is 15.8. The van der Waals surface area contributed by atoms with E-state index < -0.39 is 0 Å². The highest BCUT2D eigenvalue weighted by Crippen LogP contribution is 2.48. The molecule has 1 aromatic heterocycles. The molecule has 12 heteroatoms. The fraction of sp³-hybridized carbons (Fsp3) is 0.343. The summed E-state index contributed by atoms with van der Waals surface area (Å²) in [4.78, 5) is 32.9. The van der Waals surface area contributed by atoms with Crippen LogP contribution in [0.2, 0.25) is 0 Å². The number of fused-ring (bicyclic) bond motifs is 3.